The van der Waals surface area contributed by atoms with E-state index in [2.05, 4.69) is 10.1 Å². The van der Waals surface area contributed by atoms with E-state index in [1.165, 1.54) is 6.07 Å². The van der Waals surface area contributed by atoms with Crippen LogP contribution in [0.5, 0.6) is 0 Å². The summed E-state index contributed by atoms with van der Waals surface area (Å²) in [6, 6.07) is 17.1. The number of nitrogens with zero attached hydrogens (tertiary/aromatic N) is 2. The van der Waals surface area contributed by atoms with E-state index in [1.807, 2.05) is 48.5 Å². The maximum absolute atomic E-state index is 13.8. The zero-order valence-corrected chi connectivity index (χ0v) is 16.4. The average molecular weight is 411 g/mol. The van der Waals surface area contributed by atoms with Gasteiger partial charge in [-0.1, -0.05) is 41.6 Å². The van der Waals surface area contributed by atoms with E-state index in [9.17, 15) is 12.8 Å². The minimum Gasteiger partial charge on any atom is -0.356 e. The van der Waals surface area contributed by atoms with Crippen molar-refractivity contribution in [3.05, 3.63) is 77.7 Å². The molecular weight excluding hydrogens is 393 g/mol. The standard InChI is InChI=1S/C21H18FN3O3S/c1-29(26,27)21-17(22)11-10-13(24-21)12-18(23)14-6-2-3-7-15(14)20-16-8-4-5-9-19(16)28-25-20/h2-11,18H,12,23H2,1H3/t18-/m0/s1. The summed E-state index contributed by atoms with van der Waals surface area (Å²) in [6.07, 6.45) is 1.16. The van der Waals surface area contributed by atoms with Gasteiger partial charge in [0.1, 0.15) is 5.69 Å². The van der Waals surface area contributed by atoms with E-state index in [0.717, 1.165) is 28.8 Å². The van der Waals surface area contributed by atoms with Crippen LogP contribution in [0, 0.1) is 5.82 Å². The van der Waals surface area contributed by atoms with E-state index in [-0.39, 0.29) is 6.42 Å². The van der Waals surface area contributed by atoms with E-state index < -0.39 is 26.7 Å². The molecule has 0 bridgehead atoms. The third kappa shape index (κ3) is 3.76. The zero-order valence-electron chi connectivity index (χ0n) is 15.5. The number of benzene rings is 2. The van der Waals surface area contributed by atoms with Crippen molar-refractivity contribution in [1.82, 2.24) is 10.1 Å². The van der Waals surface area contributed by atoms with E-state index in [1.54, 1.807) is 0 Å². The Morgan fingerprint density at radius 3 is 2.59 bits per heavy atom. The van der Waals surface area contributed by atoms with Crippen molar-refractivity contribution in [2.24, 2.45) is 5.73 Å². The molecule has 29 heavy (non-hydrogen) atoms. The second kappa shape index (κ2) is 7.38. The predicted molar refractivity (Wildman–Crippen MR) is 107 cm³/mol. The van der Waals surface area contributed by atoms with Crippen LogP contribution >= 0.6 is 0 Å². The summed E-state index contributed by atoms with van der Waals surface area (Å²) in [7, 11) is -3.77. The number of rotatable bonds is 5. The van der Waals surface area contributed by atoms with Crippen molar-refractivity contribution in [1.29, 1.82) is 0 Å². The molecule has 2 aromatic heterocycles. The molecule has 0 aliphatic rings. The molecule has 1 atom stereocenters. The maximum Gasteiger partial charge on any atom is 0.195 e. The molecule has 0 amide bonds. The summed E-state index contributed by atoms with van der Waals surface area (Å²) in [5, 5.41) is 4.49. The van der Waals surface area contributed by atoms with Crippen molar-refractivity contribution in [3.63, 3.8) is 0 Å². The molecule has 8 heteroatoms. The Morgan fingerprint density at radius 1 is 1.07 bits per heavy atom. The molecule has 0 radical (unpaired) electrons. The summed E-state index contributed by atoms with van der Waals surface area (Å²) < 4.78 is 42.7. The van der Waals surface area contributed by atoms with Crippen molar-refractivity contribution >= 4 is 20.8 Å². The highest BCUT2D eigenvalue weighted by Gasteiger charge is 2.20. The molecular formula is C21H18FN3O3S. The highest BCUT2D eigenvalue weighted by Crippen LogP contribution is 2.33. The Labute approximate surface area is 167 Å². The molecule has 148 valence electrons. The Morgan fingerprint density at radius 2 is 1.79 bits per heavy atom. The lowest BCUT2D eigenvalue weighted by molar-refractivity contribution is 0.459. The average Bonchev–Trinajstić information content (AvgIpc) is 3.12. The summed E-state index contributed by atoms with van der Waals surface area (Å²) in [5.74, 6) is -0.876. The number of fused-ring (bicyclic) bond motifs is 1. The molecule has 0 unspecified atom stereocenters. The van der Waals surface area contributed by atoms with Crippen molar-refractivity contribution in [3.8, 4) is 11.3 Å². The third-order valence-corrected chi connectivity index (χ3v) is 5.63. The van der Waals surface area contributed by atoms with Crippen LogP contribution in [0.4, 0.5) is 4.39 Å². The number of aromatic nitrogens is 2. The van der Waals surface area contributed by atoms with Crippen LogP contribution in [-0.4, -0.2) is 24.8 Å². The number of sulfone groups is 1. The molecule has 2 N–H and O–H groups in total. The van der Waals surface area contributed by atoms with Gasteiger partial charge in [0.15, 0.2) is 26.3 Å². The van der Waals surface area contributed by atoms with Crippen molar-refractivity contribution < 1.29 is 17.3 Å². The highest BCUT2D eigenvalue weighted by atomic mass is 32.2. The monoisotopic (exact) mass is 411 g/mol. The van der Waals surface area contributed by atoms with Gasteiger partial charge in [0.25, 0.3) is 0 Å². The van der Waals surface area contributed by atoms with Gasteiger partial charge in [0.2, 0.25) is 0 Å². The topological polar surface area (TPSA) is 99.1 Å². The Bertz CT molecular complexity index is 1300. The lowest BCUT2D eigenvalue weighted by Gasteiger charge is -2.16. The lowest BCUT2D eigenvalue weighted by atomic mass is 9.94. The lowest BCUT2D eigenvalue weighted by Crippen LogP contribution is -2.16. The van der Waals surface area contributed by atoms with Crippen LogP contribution in [0.25, 0.3) is 22.2 Å². The van der Waals surface area contributed by atoms with Gasteiger partial charge in [-0.3, -0.25) is 0 Å². The minimum atomic E-state index is -3.77. The van der Waals surface area contributed by atoms with Crippen LogP contribution in [0.3, 0.4) is 0 Å². The molecule has 2 heterocycles. The third-order valence-electron chi connectivity index (χ3n) is 4.64. The van der Waals surface area contributed by atoms with Gasteiger partial charge < -0.3 is 10.3 Å². The number of halogens is 1. The first-order valence-corrected chi connectivity index (χ1v) is 10.8. The largest absolute Gasteiger partial charge is 0.356 e. The first-order chi connectivity index (χ1) is 13.8. The summed E-state index contributed by atoms with van der Waals surface area (Å²) in [6.45, 7) is 0. The van der Waals surface area contributed by atoms with Crippen LogP contribution in [0.2, 0.25) is 0 Å². The number of nitrogens with two attached hydrogens (primary N) is 1. The SMILES string of the molecule is CS(=O)(=O)c1nc(C[C@H](N)c2ccccc2-c2noc3ccccc23)ccc1F. The van der Waals surface area contributed by atoms with Crippen molar-refractivity contribution in [2.75, 3.05) is 6.26 Å². The molecule has 0 spiro atoms. The molecule has 0 saturated heterocycles. The second-order valence-electron chi connectivity index (χ2n) is 6.79. The fourth-order valence-corrected chi connectivity index (χ4v) is 3.99. The van der Waals surface area contributed by atoms with Crippen LogP contribution in [-0.2, 0) is 16.3 Å². The summed E-state index contributed by atoms with van der Waals surface area (Å²) in [5.41, 5.74) is 9.79. The molecule has 0 aliphatic heterocycles. The molecule has 0 saturated carbocycles. The number of hydrogen-bond donors (Lipinski definition) is 1. The van der Waals surface area contributed by atoms with E-state index in [0.29, 0.717) is 17.0 Å². The van der Waals surface area contributed by atoms with Crippen LogP contribution in [0.1, 0.15) is 17.3 Å². The van der Waals surface area contributed by atoms with Crippen molar-refractivity contribution in [2.45, 2.75) is 17.5 Å². The Balaban J connectivity index is 1.72. The number of hydrogen-bond acceptors (Lipinski definition) is 6. The van der Waals surface area contributed by atoms with Gasteiger partial charge >= 0.3 is 0 Å². The van der Waals surface area contributed by atoms with E-state index in [4.69, 9.17) is 10.3 Å². The van der Waals surface area contributed by atoms with Gasteiger partial charge in [0.05, 0.1) is 0 Å². The maximum atomic E-state index is 13.8. The fourth-order valence-electron chi connectivity index (χ4n) is 3.29. The van der Waals surface area contributed by atoms with Gasteiger partial charge in [-0.2, -0.15) is 0 Å². The highest BCUT2D eigenvalue weighted by molar-refractivity contribution is 7.90. The van der Waals surface area contributed by atoms with Gasteiger partial charge in [0, 0.05) is 35.4 Å². The zero-order chi connectivity index (χ0) is 20.6. The molecule has 0 aliphatic carbocycles. The van der Waals surface area contributed by atoms with Gasteiger partial charge in [-0.05, 0) is 29.8 Å². The summed E-state index contributed by atoms with van der Waals surface area (Å²) in [4.78, 5) is 3.97. The first-order valence-electron chi connectivity index (χ1n) is 8.89. The molecule has 6 nitrogen and oxygen atoms in total. The molecule has 4 aromatic rings. The summed E-state index contributed by atoms with van der Waals surface area (Å²) >= 11 is 0. The second-order valence-corrected chi connectivity index (χ2v) is 8.72. The quantitative estimate of drug-likeness (QED) is 0.538. The molecule has 0 fully saturated rings. The normalized spacial score (nSPS) is 12.9. The predicted octanol–water partition coefficient (Wildman–Crippen LogP) is 3.67. The Kier molecular flexibility index (Phi) is 4.89. The van der Waals surface area contributed by atoms with E-state index >= 15 is 0 Å². The fraction of sp³-hybridized carbons (Fsp3) is 0.143. The molecule has 4 rings (SSSR count). The Hall–Kier alpha value is -3.10. The van der Waals surface area contributed by atoms with Gasteiger partial charge in [-0.15, -0.1) is 0 Å². The smallest absolute Gasteiger partial charge is 0.195 e. The first kappa shape index (κ1) is 19.2. The van der Waals surface area contributed by atoms with Gasteiger partial charge in [-0.25, -0.2) is 17.8 Å². The molecule has 2 aromatic carbocycles. The minimum absolute atomic E-state index is 0.232. The number of para-hydroxylation sites is 1. The van der Waals surface area contributed by atoms with Crippen LogP contribution in [0.15, 0.2) is 70.2 Å². The number of pyridine rings is 1. The van der Waals surface area contributed by atoms with Crippen LogP contribution < -0.4 is 5.73 Å².